The first-order valence-corrected chi connectivity index (χ1v) is 9.35. The molecule has 1 saturated heterocycles. The molecule has 0 aromatic heterocycles. The monoisotopic (exact) mass is 368 g/mol. The number of methoxy groups -OCH3 is 2. The highest BCUT2D eigenvalue weighted by Gasteiger charge is 2.43. The molecule has 9 heteroatoms. The minimum atomic E-state index is -3.86. The Morgan fingerprint density at radius 3 is 2.28 bits per heavy atom. The Labute approximate surface area is 146 Å². The van der Waals surface area contributed by atoms with E-state index < -0.39 is 21.7 Å². The summed E-state index contributed by atoms with van der Waals surface area (Å²) < 4.78 is 38.1. The zero-order valence-corrected chi connectivity index (χ0v) is 14.8. The Morgan fingerprint density at radius 2 is 1.72 bits per heavy atom. The highest BCUT2D eigenvalue weighted by molar-refractivity contribution is 7.89. The van der Waals surface area contributed by atoms with Crippen molar-refractivity contribution in [2.75, 3.05) is 32.8 Å². The number of anilines is 1. The van der Waals surface area contributed by atoms with E-state index in [4.69, 9.17) is 9.47 Å². The molecule has 136 valence electrons. The lowest BCUT2D eigenvalue weighted by atomic mass is 10.1. The van der Waals surface area contributed by atoms with Gasteiger partial charge in [-0.15, -0.1) is 0 Å². The number of hydrogen-bond acceptors (Lipinski definition) is 6. The number of sulfonamides is 1. The molecule has 3 rings (SSSR count). The lowest BCUT2D eigenvalue weighted by Crippen LogP contribution is -2.44. The molecule has 2 atom stereocenters. The number of nitrogens with zero attached hydrogens (tertiary/aromatic N) is 1. The number of rotatable bonds is 6. The van der Waals surface area contributed by atoms with Crippen LogP contribution in [0.2, 0.25) is 0 Å². The molecule has 1 amide bonds. The summed E-state index contributed by atoms with van der Waals surface area (Å²) in [6.45, 7) is 0.562. The van der Waals surface area contributed by atoms with Crippen LogP contribution >= 0.6 is 0 Å². The van der Waals surface area contributed by atoms with Gasteiger partial charge in [0.15, 0.2) is 0 Å². The van der Waals surface area contributed by atoms with Crippen molar-refractivity contribution in [3.05, 3.63) is 23.8 Å². The highest BCUT2D eigenvalue weighted by Crippen LogP contribution is 2.33. The molecule has 1 aromatic carbocycles. The Hall–Kier alpha value is -1.81. The number of carbonyl (C=O) groups is 2. The first kappa shape index (κ1) is 18.0. The second kappa shape index (κ2) is 6.83. The molecule has 2 heterocycles. The van der Waals surface area contributed by atoms with E-state index in [9.17, 15) is 18.0 Å². The SMILES string of the molecule is COC[C@@H]1CC[C@@H](COC)N1S(=O)(=O)c1ccc2c(c1)C(=O)C(=O)N2. The zero-order valence-electron chi connectivity index (χ0n) is 14.0. The summed E-state index contributed by atoms with van der Waals surface area (Å²) in [5, 5.41) is 2.42. The third-order valence-electron chi connectivity index (χ3n) is 4.54. The molecule has 1 aromatic rings. The van der Waals surface area contributed by atoms with Gasteiger partial charge in [-0.2, -0.15) is 4.31 Å². The van der Waals surface area contributed by atoms with E-state index >= 15 is 0 Å². The second-order valence-corrected chi connectivity index (χ2v) is 7.96. The van der Waals surface area contributed by atoms with Crippen LogP contribution in [0.1, 0.15) is 23.2 Å². The van der Waals surface area contributed by atoms with Gasteiger partial charge in [-0.1, -0.05) is 0 Å². The lowest BCUT2D eigenvalue weighted by Gasteiger charge is -2.29. The summed E-state index contributed by atoms with van der Waals surface area (Å²) in [6.07, 6.45) is 1.34. The van der Waals surface area contributed by atoms with E-state index in [0.29, 0.717) is 18.5 Å². The van der Waals surface area contributed by atoms with Gasteiger partial charge in [-0.05, 0) is 31.0 Å². The highest BCUT2D eigenvalue weighted by atomic mass is 32.2. The predicted molar refractivity (Wildman–Crippen MR) is 89.0 cm³/mol. The fraction of sp³-hybridized carbons (Fsp3) is 0.500. The zero-order chi connectivity index (χ0) is 18.2. The Bertz CT molecular complexity index is 793. The van der Waals surface area contributed by atoms with E-state index in [-0.39, 0.29) is 35.8 Å². The van der Waals surface area contributed by atoms with Gasteiger partial charge in [0.25, 0.3) is 11.7 Å². The van der Waals surface area contributed by atoms with E-state index in [1.165, 1.54) is 36.7 Å². The maximum atomic E-state index is 13.2. The average molecular weight is 368 g/mol. The number of ketones is 1. The molecule has 0 spiro atoms. The molecule has 1 N–H and O–H groups in total. The maximum absolute atomic E-state index is 13.2. The van der Waals surface area contributed by atoms with Crippen LogP contribution in [0.15, 0.2) is 23.1 Å². The van der Waals surface area contributed by atoms with Crippen molar-refractivity contribution in [3.63, 3.8) is 0 Å². The van der Waals surface area contributed by atoms with Crippen LogP contribution in [-0.2, 0) is 24.3 Å². The molecule has 0 saturated carbocycles. The molecule has 1 fully saturated rings. The average Bonchev–Trinajstić information content (AvgIpc) is 3.10. The van der Waals surface area contributed by atoms with Crippen molar-refractivity contribution in [2.45, 2.75) is 29.8 Å². The van der Waals surface area contributed by atoms with E-state index in [0.717, 1.165) is 0 Å². The van der Waals surface area contributed by atoms with Crippen molar-refractivity contribution < 1.29 is 27.5 Å². The summed E-state index contributed by atoms with van der Waals surface area (Å²) in [6, 6.07) is 3.52. The normalized spacial score (nSPS) is 23.8. The van der Waals surface area contributed by atoms with Crippen LogP contribution in [0, 0.1) is 0 Å². The quantitative estimate of drug-likeness (QED) is 0.739. The van der Waals surface area contributed by atoms with Crippen molar-refractivity contribution in [1.29, 1.82) is 0 Å². The predicted octanol–water partition coefficient (Wildman–Crippen LogP) is 0.636. The summed E-state index contributed by atoms with van der Waals surface area (Å²) >= 11 is 0. The lowest BCUT2D eigenvalue weighted by molar-refractivity contribution is -0.112. The van der Waals surface area contributed by atoms with Crippen molar-refractivity contribution >= 4 is 27.4 Å². The number of Topliss-reactive ketones (excluding diaryl/α,β-unsaturated/α-hetero) is 1. The number of fused-ring (bicyclic) bond motifs is 1. The molecule has 2 aliphatic rings. The topological polar surface area (TPSA) is 102 Å². The minimum Gasteiger partial charge on any atom is -0.383 e. The number of amides is 1. The third-order valence-corrected chi connectivity index (χ3v) is 6.54. The van der Waals surface area contributed by atoms with E-state index in [1.807, 2.05) is 0 Å². The van der Waals surface area contributed by atoms with Crippen molar-refractivity contribution in [2.24, 2.45) is 0 Å². The van der Waals surface area contributed by atoms with Gasteiger partial charge < -0.3 is 14.8 Å². The largest absolute Gasteiger partial charge is 0.383 e. The molecular weight excluding hydrogens is 348 g/mol. The van der Waals surface area contributed by atoms with Gasteiger partial charge in [0.05, 0.1) is 29.4 Å². The number of carbonyl (C=O) groups excluding carboxylic acids is 2. The molecule has 8 nitrogen and oxygen atoms in total. The first-order chi connectivity index (χ1) is 11.9. The van der Waals surface area contributed by atoms with Gasteiger partial charge in [-0.25, -0.2) is 8.42 Å². The van der Waals surface area contributed by atoms with Crippen LogP contribution in [0.5, 0.6) is 0 Å². The summed E-state index contributed by atoms with van der Waals surface area (Å²) in [7, 11) is -0.807. The Morgan fingerprint density at radius 1 is 1.12 bits per heavy atom. The van der Waals surface area contributed by atoms with Crippen LogP contribution in [0.3, 0.4) is 0 Å². The second-order valence-electron chi connectivity index (χ2n) is 6.12. The third kappa shape index (κ3) is 3.08. The van der Waals surface area contributed by atoms with Gasteiger partial charge >= 0.3 is 0 Å². The van der Waals surface area contributed by atoms with Gasteiger partial charge in [0, 0.05) is 26.3 Å². The molecule has 0 aliphatic carbocycles. The number of nitrogens with one attached hydrogen (secondary N) is 1. The van der Waals surface area contributed by atoms with E-state index in [1.54, 1.807) is 0 Å². The van der Waals surface area contributed by atoms with Crippen molar-refractivity contribution in [3.8, 4) is 0 Å². The fourth-order valence-corrected chi connectivity index (χ4v) is 5.30. The minimum absolute atomic E-state index is 0.0137. The van der Waals surface area contributed by atoms with Crippen LogP contribution in [0.4, 0.5) is 5.69 Å². The van der Waals surface area contributed by atoms with Gasteiger partial charge in [0.1, 0.15) is 0 Å². The molecule has 0 radical (unpaired) electrons. The molecular formula is C16H20N2O6S. The number of ether oxygens (including phenoxy) is 2. The molecule has 0 bridgehead atoms. The molecule has 25 heavy (non-hydrogen) atoms. The van der Waals surface area contributed by atoms with Crippen LogP contribution < -0.4 is 5.32 Å². The van der Waals surface area contributed by atoms with E-state index in [2.05, 4.69) is 5.32 Å². The van der Waals surface area contributed by atoms with Gasteiger partial charge in [0.2, 0.25) is 10.0 Å². The molecule has 2 aliphatic heterocycles. The van der Waals surface area contributed by atoms with Crippen LogP contribution in [-0.4, -0.2) is 63.9 Å². The maximum Gasteiger partial charge on any atom is 0.296 e. The smallest absolute Gasteiger partial charge is 0.296 e. The van der Waals surface area contributed by atoms with Crippen LogP contribution in [0.25, 0.3) is 0 Å². The summed E-state index contributed by atoms with van der Waals surface area (Å²) in [4.78, 5) is 23.3. The number of benzene rings is 1. The fourth-order valence-electron chi connectivity index (χ4n) is 3.43. The summed E-state index contributed by atoms with van der Waals surface area (Å²) in [5.41, 5.74) is 0.411. The first-order valence-electron chi connectivity index (χ1n) is 7.91. The number of hydrogen-bond donors (Lipinski definition) is 1. The standard InChI is InChI=1S/C16H20N2O6S/c1-23-8-10-3-4-11(9-24-2)18(10)25(21,22)12-5-6-14-13(7-12)15(19)16(20)17-14/h5-7,10-11H,3-4,8-9H2,1-2H3,(H,17,19,20)/t10-,11-/m0/s1. The molecule has 0 unspecified atom stereocenters. The Balaban J connectivity index is 2.00. The van der Waals surface area contributed by atoms with Crippen molar-refractivity contribution in [1.82, 2.24) is 4.31 Å². The summed E-state index contributed by atoms with van der Waals surface area (Å²) in [5.74, 6) is -1.48. The Kier molecular flexibility index (Phi) is 4.92. The van der Waals surface area contributed by atoms with Gasteiger partial charge in [-0.3, -0.25) is 9.59 Å².